The molecule has 1 nitrogen and oxygen atoms in total. The maximum absolute atomic E-state index is 3.54. The Kier molecular flexibility index (Phi) is 8.20. The number of hydrogen-bond donors (Lipinski definition) is 1. The molecule has 0 heterocycles. The number of nitrogens with one attached hydrogen (secondary N) is 1. The molecule has 0 fully saturated rings. The molecule has 0 bridgehead atoms. The second-order valence-corrected chi connectivity index (χ2v) is 5.62. The van der Waals surface area contributed by atoms with Gasteiger partial charge >= 0.3 is 0 Å². The van der Waals surface area contributed by atoms with Crippen LogP contribution in [0.1, 0.15) is 25.3 Å². The standard InChI is InChI=1S/C15H25NS/c1-14(13-17-2)12-16-11-7-6-10-15-8-4-3-5-9-15/h3-5,8-9,14,16H,6-7,10-13H2,1-2H3. The van der Waals surface area contributed by atoms with Crippen molar-refractivity contribution in [2.75, 3.05) is 25.1 Å². The molecule has 0 aliphatic carbocycles. The summed E-state index contributed by atoms with van der Waals surface area (Å²) in [4.78, 5) is 0. The van der Waals surface area contributed by atoms with E-state index in [1.54, 1.807) is 0 Å². The van der Waals surface area contributed by atoms with Gasteiger partial charge in [0.05, 0.1) is 0 Å². The highest BCUT2D eigenvalue weighted by Crippen LogP contribution is 2.05. The van der Waals surface area contributed by atoms with Gasteiger partial charge in [-0.3, -0.25) is 0 Å². The fraction of sp³-hybridized carbons (Fsp3) is 0.600. The molecule has 0 amide bonds. The number of rotatable bonds is 9. The lowest BCUT2D eigenvalue weighted by Gasteiger charge is -2.10. The average Bonchev–Trinajstić information content (AvgIpc) is 2.35. The Hall–Kier alpha value is -0.470. The van der Waals surface area contributed by atoms with Crippen molar-refractivity contribution >= 4 is 11.8 Å². The van der Waals surface area contributed by atoms with E-state index in [0.29, 0.717) is 0 Å². The van der Waals surface area contributed by atoms with Crippen LogP contribution in [0.25, 0.3) is 0 Å². The molecular weight excluding hydrogens is 226 g/mol. The van der Waals surface area contributed by atoms with Gasteiger partial charge in [-0.15, -0.1) is 0 Å². The zero-order valence-corrected chi connectivity index (χ0v) is 11.9. The van der Waals surface area contributed by atoms with Gasteiger partial charge in [-0.25, -0.2) is 0 Å². The zero-order valence-electron chi connectivity index (χ0n) is 11.1. The Morgan fingerprint density at radius 2 is 1.94 bits per heavy atom. The molecule has 0 saturated carbocycles. The molecule has 1 rings (SSSR count). The predicted octanol–water partition coefficient (Wildman–Crippen LogP) is 3.60. The minimum Gasteiger partial charge on any atom is -0.316 e. The highest BCUT2D eigenvalue weighted by molar-refractivity contribution is 7.98. The first-order valence-electron chi connectivity index (χ1n) is 6.56. The smallest absolute Gasteiger partial charge is 0.00153 e. The summed E-state index contributed by atoms with van der Waals surface area (Å²) < 4.78 is 0. The molecule has 17 heavy (non-hydrogen) atoms. The molecule has 0 radical (unpaired) electrons. The van der Waals surface area contributed by atoms with Crippen LogP contribution in [-0.2, 0) is 6.42 Å². The molecule has 1 aromatic carbocycles. The third-order valence-corrected chi connectivity index (χ3v) is 3.76. The van der Waals surface area contributed by atoms with Gasteiger partial charge in [-0.2, -0.15) is 11.8 Å². The van der Waals surface area contributed by atoms with Crippen molar-refractivity contribution in [2.24, 2.45) is 5.92 Å². The minimum absolute atomic E-state index is 0.791. The Morgan fingerprint density at radius 1 is 1.18 bits per heavy atom. The Morgan fingerprint density at radius 3 is 2.65 bits per heavy atom. The van der Waals surface area contributed by atoms with E-state index >= 15 is 0 Å². The molecule has 0 spiro atoms. The van der Waals surface area contributed by atoms with Gasteiger partial charge in [0.25, 0.3) is 0 Å². The topological polar surface area (TPSA) is 12.0 Å². The Bertz CT molecular complexity index is 274. The molecule has 1 aromatic rings. The van der Waals surface area contributed by atoms with Crippen LogP contribution < -0.4 is 5.32 Å². The fourth-order valence-corrected chi connectivity index (χ4v) is 2.60. The summed E-state index contributed by atoms with van der Waals surface area (Å²) >= 11 is 1.94. The van der Waals surface area contributed by atoms with Crippen LogP contribution >= 0.6 is 11.8 Å². The Labute approximate surface area is 110 Å². The van der Waals surface area contributed by atoms with Crippen molar-refractivity contribution in [3.8, 4) is 0 Å². The summed E-state index contributed by atoms with van der Waals surface area (Å²) in [5, 5.41) is 3.54. The van der Waals surface area contributed by atoms with Crippen molar-refractivity contribution in [3.05, 3.63) is 35.9 Å². The van der Waals surface area contributed by atoms with Crippen molar-refractivity contribution < 1.29 is 0 Å². The molecule has 0 aromatic heterocycles. The number of benzene rings is 1. The van der Waals surface area contributed by atoms with Crippen molar-refractivity contribution in [3.63, 3.8) is 0 Å². The molecule has 0 saturated heterocycles. The largest absolute Gasteiger partial charge is 0.316 e. The number of unbranched alkanes of at least 4 members (excludes halogenated alkanes) is 1. The van der Waals surface area contributed by atoms with Crippen LogP contribution in [0.2, 0.25) is 0 Å². The first-order chi connectivity index (χ1) is 8.33. The van der Waals surface area contributed by atoms with E-state index in [-0.39, 0.29) is 0 Å². The molecular formula is C15H25NS. The summed E-state index contributed by atoms with van der Waals surface area (Å²) in [5.41, 5.74) is 1.46. The molecule has 1 atom stereocenters. The second-order valence-electron chi connectivity index (χ2n) is 4.71. The Balaban J connectivity index is 1.95. The van der Waals surface area contributed by atoms with Crippen molar-refractivity contribution in [1.82, 2.24) is 5.32 Å². The highest BCUT2D eigenvalue weighted by atomic mass is 32.2. The number of thioether (sulfide) groups is 1. The van der Waals surface area contributed by atoms with E-state index in [4.69, 9.17) is 0 Å². The van der Waals surface area contributed by atoms with Crippen LogP contribution in [0.3, 0.4) is 0 Å². The fourth-order valence-electron chi connectivity index (χ4n) is 1.92. The maximum atomic E-state index is 3.54. The van der Waals surface area contributed by atoms with Gasteiger partial charge in [0.1, 0.15) is 0 Å². The van der Waals surface area contributed by atoms with Crippen LogP contribution in [0, 0.1) is 5.92 Å². The molecule has 2 heteroatoms. The molecule has 1 N–H and O–H groups in total. The van der Waals surface area contributed by atoms with E-state index in [2.05, 4.69) is 48.8 Å². The quantitative estimate of drug-likeness (QED) is 0.673. The predicted molar refractivity (Wildman–Crippen MR) is 79.8 cm³/mol. The first-order valence-corrected chi connectivity index (χ1v) is 7.96. The lowest BCUT2D eigenvalue weighted by molar-refractivity contribution is 0.541. The lowest BCUT2D eigenvalue weighted by atomic mass is 10.1. The summed E-state index contributed by atoms with van der Waals surface area (Å²) in [5.74, 6) is 2.05. The van der Waals surface area contributed by atoms with Crippen LogP contribution in [0.5, 0.6) is 0 Å². The average molecular weight is 251 g/mol. The van der Waals surface area contributed by atoms with Gasteiger partial charge in [-0.1, -0.05) is 37.3 Å². The number of aryl methyl sites for hydroxylation is 1. The molecule has 96 valence electrons. The third kappa shape index (κ3) is 7.45. The molecule has 0 aliphatic rings. The monoisotopic (exact) mass is 251 g/mol. The van der Waals surface area contributed by atoms with Gasteiger partial charge in [0.15, 0.2) is 0 Å². The summed E-state index contributed by atoms with van der Waals surface area (Å²) in [7, 11) is 0. The van der Waals surface area contributed by atoms with Gasteiger partial charge in [0.2, 0.25) is 0 Å². The third-order valence-electron chi connectivity index (χ3n) is 2.86. The maximum Gasteiger partial charge on any atom is -0.00153 e. The van der Waals surface area contributed by atoms with E-state index in [0.717, 1.165) is 19.0 Å². The zero-order chi connectivity index (χ0) is 12.3. The lowest BCUT2D eigenvalue weighted by Crippen LogP contribution is -2.23. The minimum atomic E-state index is 0.791. The summed E-state index contributed by atoms with van der Waals surface area (Å²) in [6.45, 7) is 4.63. The van der Waals surface area contributed by atoms with Crippen molar-refractivity contribution in [2.45, 2.75) is 26.2 Å². The van der Waals surface area contributed by atoms with E-state index < -0.39 is 0 Å². The SMILES string of the molecule is CSCC(C)CNCCCCc1ccccc1. The highest BCUT2D eigenvalue weighted by Gasteiger charge is 1.99. The van der Waals surface area contributed by atoms with Gasteiger partial charge in [0, 0.05) is 0 Å². The van der Waals surface area contributed by atoms with Crippen molar-refractivity contribution in [1.29, 1.82) is 0 Å². The van der Waals surface area contributed by atoms with E-state index in [1.807, 2.05) is 11.8 Å². The normalized spacial score (nSPS) is 12.6. The van der Waals surface area contributed by atoms with E-state index in [1.165, 1.54) is 30.6 Å². The molecule has 0 aliphatic heterocycles. The van der Waals surface area contributed by atoms with Gasteiger partial charge in [-0.05, 0) is 55.8 Å². The second kappa shape index (κ2) is 9.55. The van der Waals surface area contributed by atoms with E-state index in [9.17, 15) is 0 Å². The van der Waals surface area contributed by atoms with Crippen LogP contribution in [-0.4, -0.2) is 25.1 Å². The summed E-state index contributed by atoms with van der Waals surface area (Å²) in [6.07, 6.45) is 5.95. The van der Waals surface area contributed by atoms with Gasteiger partial charge < -0.3 is 5.32 Å². The van der Waals surface area contributed by atoms with Crippen LogP contribution in [0.4, 0.5) is 0 Å². The summed E-state index contributed by atoms with van der Waals surface area (Å²) in [6, 6.07) is 10.8. The first kappa shape index (κ1) is 14.6. The number of hydrogen-bond acceptors (Lipinski definition) is 2. The van der Waals surface area contributed by atoms with Crippen LogP contribution in [0.15, 0.2) is 30.3 Å². The molecule has 1 unspecified atom stereocenters.